The van der Waals surface area contributed by atoms with Crippen LogP contribution in [0.15, 0.2) is 96.8 Å². The first-order valence-electron chi connectivity index (χ1n) is 10.1. The van der Waals surface area contributed by atoms with Gasteiger partial charge in [0.25, 0.3) is 11.8 Å². The molecule has 3 aromatic carbocycles. The summed E-state index contributed by atoms with van der Waals surface area (Å²) in [5.74, 6) is -1.32. The number of aromatic nitrogens is 1. The highest BCUT2D eigenvalue weighted by Gasteiger charge is 2.39. The van der Waals surface area contributed by atoms with Crippen LogP contribution in [-0.2, 0) is 16.1 Å². The number of nitrogens with zero attached hydrogens (tertiary/aromatic N) is 2. The molecule has 0 unspecified atom stereocenters. The van der Waals surface area contributed by atoms with Gasteiger partial charge in [-0.25, -0.2) is 4.39 Å². The second kappa shape index (κ2) is 8.07. The number of benzene rings is 3. The average Bonchev–Trinajstić information content (AvgIpc) is 3.05. The first-order chi connectivity index (χ1) is 15.6. The Hall–Kier alpha value is -4.32. The Morgan fingerprint density at radius 1 is 0.812 bits per heavy atom. The van der Waals surface area contributed by atoms with Crippen LogP contribution < -0.4 is 5.32 Å². The van der Waals surface area contributed by atoms with E-state index in [1.807, 2.05) is 42.5 Å². The van der Waals surface area contributed by atoms with Crippen molar-refractivity contribution >= 4 is 33.8 Å². The molecule has 0 saturated carbocycles. The average molecular weight is 423 g/mol. The van der Waals surface area contributed by atoms with E-state index in [4.69, 9.17) is 0 Å². The summed E-state index contributed by atoms with van der Waals surface area (Å²) in [6.45, 7) is 0.0456. The lowest BCUT2D eigenvalue weighted by Crippen LogP contribution is -2.32. The van der Waals surface area contributed by atoms with Gasteiger partial charge in [0.1, 0.15) is 11.5 Å². The van der Waals surface area contributed by atoms with Gasteiger partial charge in [-0.05, 0) is 41.3 Å². The van der Waals surface area contributed by atoms with Crippen LogP contribution in [0.3, 0.4) is 0 Å². The van der Waals surface area contributed by atoms with Crippen LogP contribution in [-0.4, -0.2) is 21.7 Å². The van der Waals surface area contributed by atoms with Gasteiger partial charge in [0.2, 0.25) is 0 Å². The van der Waals surface area contributed by atoms with Gasteiger partial charge in [0, 0.05) is 17.3 Å². The number of carbonyl (C=O) groups excluding carboxylic acids is 2. The number of anilines is 1. The number of imide groups is 1. The Balaban J connectivity index is 1.60. The zero-order valence-electron chi connectivity index (χ0n) is 17.0. The van der Waals surface area contributed by atoms with Crippen molar-refractivity contribution in [2.24, 2.45) is 0 Å². The molecule has 1 aliphatic rings. The molecule has 2 amide bonds. The third-order valence-electron chi connectivity index (χ3n) is 5.40. The second-order valence-electron chi connectivity index (χ2n) is 7.43. The lowest BCUT2D eigenvalue weighted by molar-refractivity contribution is -0.137. The summed E-state index contributed by atoms with van der Waals surface area (Å²) in [5.41, 5.74) is 2.14. The van der Waals surface area contributed by atoms with Gasteiger partial charge >= 0.3 is 0 Å². The van der Waals surface area contributed by atoms with Crippen molar-refractivity contribution in [3.05, 3.63) is 114 Å². The van der Waals surface area contributed by atoms with Crippen LogP contribution in [0.5, 0.6) is 0 Å². The van der Waals surface area contributed by atoms with Gasteiger partial charge in [-0.1, -0.05) is 54.6 Å². The predicted molar refractivity (Wildman–Crippen MR) is 121 cm³/mol. The quantitative estimate of drug-likeness (QED) is 0.470. The summed E-state index contributed by atoms with van der Waals surface area (Å²) in [6, 6.07) is 24.4. The molecule has 0 radical (unpaired) electrons. The van der Waals surface area contributed by atoms with Crippen LogP contribution >= 0.6 is 0 Å². The van der Waals surface area contributed by atoms with Gasteiger partial charge in [0.05, 0.1) is 17.8 Å². The summed E-state index contributed by atoms with van der Waals surface area (Å²) in [7, 11) is 0. The number of carbonyl (C=O) groups is 2. The Morgan fingerprint density at radius 3 is 2.34 bits per heavy atom. The Labute approximate surface area is 183 Å². The van der Waals surface area contributed by atoms with E-state index in [1.165, 1.54) is 24.3 Å². The molecule has 0 bridgehead atoms. The van der Waals surface area contributed by atoms with E-state index in [-0.39, 0.29) is 17.8 Å². The third-order valence-corrected chi connectivity index (χ3v) is 5.40. The summed E-state index contributed by atoms with van der Waals surface area (Å²) in [5, 5.41) is 5.12. The minimum atomic E-state index is -0.451. The molecule has 1 aromatic heterocycles. The smallest absolute Gasteiger partial charge is 0.278 e. The van der Waals surface area contributed by atoms with E-state index in [2.05, 4.69) is 10.3 Å². The SMILES string of the molecule is O=C1C(Nc2cccc3ccccc23)=C(c2ccc(F)cc2)C(=O)N1Cc1ccccn1. The summed E-state index contributed by atoms with van der Waals surface area (Å²) in [4.78, 5) is 32.1. The van der Waals surface area contributed by atoms with Crippen LogP contribution in [0.4, 0.5) is 10.1 Å². The normalized spacial score (nSPS) is 13.8. The molecule has 0 saturated heterocycles. The number of hydrogen-bond acceptors (Lipinski definition) is 4. The van der Waals surface area contributed by atoms with Crippen LogP contribution in [0.1, 0.15) is 11.3 Å². The van der Waals surface area contributed by atoms with Gasteiger partial charge in [-0.15, -0.1) is 0 Å². The van der Waals surface area contributed by atoms with Crippen molar-refractivity contribution in [2.75, 3.05) is 5.32 Å². The number of fused-ring (bicyclic) bond motifs is 1. The van der Waals surface area contributed by atoms with Gasteiger partial charge in [-0.2, -0.15) is 0 Å². The van der Waals surface area contributed by atoms with Crippen LogP contribution in [0.2, 0.25) is 0 Å². The molecule has 156 valence electrons. The predicted octanol–water partition coefficient (Wildman–Crippen LogP) is 4.77. The first-order valence-corrected chi connectivity index (χ1v) is 10.1. The topological polar surface area (TPSA) is 62.3 Å². The minimum Gasteiger partial charge on any atom is -0.350 e. The molecule has 1 aliphatic heterocycles. The Morgan fingerprint density at radius 2 is 1.56 bits per heavy atom. The molecule has 6 heteroatoms. The third kappa shape index (κ3) is 3.52. The van der Waals surface area contributed by atoms with E-state index in [0.717, 1.165) is 15.7 Å². The molecule has 5 nitrogen and oxygen atoms in total. The monoisotopic (exact) mass is 423 g/mol. The lowest BCUT2D eigenvalue weighted by Gasteiger charge is -2.15. The van der Waals surface area contributed by atoms with Crippen molar-refractivity contribution in [1.82, 2.24) is 9.88 Å². The maximum atomic E-state index is 13.5. The standard InChI is InChI=1S/C26H18FN3O2/c27-19-13-11-18(12-14-19)23-24(29-22-10-5-7-17-6-1-2-9-21(17)22)26(32)30(25(23)31)16-20-8-3-4-15-28-20/h1-15,29H,16H2. The van der Waals surface area contributed by atoms with E-state index in [1.54, 1.807) is 24.4 Å². The first kappa shape index (κ1) is 19.6. The molecule has 1 N–H and O–H groups in total. The fraction of sp³-hybridized carbons (Fsp3) is 0.0385. The molecule has 0 atom stereocenters. The highest BCUT2D eigenvalue weighted by molar-refractivity contribution is 6.36. The molecule has 0 fully saturated rings. The zero-order chi connectivity index (χ0) is 22.1. The fourth-order valence-corrected chi connectivity index (χ4v) is 3.84. The molecular formula is C26H18FN3O2. The maximum absolute atomic E-state index is 13.5. The zero-order valence-corrected chi connectivity index (χ0v) is 17.0. The maximum Gasteiger partial charge on any atom is 0.278 e. The van der Waals surface area contributed by atoms with Crippen LogP contribution in [0, 0.1) is 5.82 Å². The molecule has 0 spiro atoms. The molecule has 32 heavy (non-hydrogen) atoms. The van der Waals surface area contributed by atoms with Crippen LogP contribution in [0.25, 0.3) is 16.3 Å². The van der Waals surface area contributed by atoms with Crippen molar-refractivity contribution < 1.29 is 14.0 Å². The minimum absolute atomic E-state index is 0.0456. The highest BCUT2D eigenvalue weighted by atomic mass is 19.1. The summed E-state index contributed by atoms with van der Waals surface area (Å²) in [6.07, 6.45) is 1.62. The Kier molecular flexibility index (Phi) is 4.95. The molecule has 2 heterocycles. The largest absolute Gasteiger partial charge is 0.350 e. The summed E-state index contributed by atoms with van der Waals surface area (Å²) >= 11 is 0. The highest BCUT2D eigenvalue weighted by Crippen LogP contribution is 2.33. The second-order valence-corrected chi connectivity index (χ2v) is 7.43. The number of nitrogens with one attached hydrogen (secondary N) is 1. The van der Waals surface area contributed by atoms with E-state index in [0.29, 0.717) is 16.9 Å². The number of pyridine rings is 1. The fourth-order valence-electron chi connectivity index (χ4n) is 3.84. The van der Waals surface area contributed by atoms with Crippen molar-refractivity contribution in [2.45, 2.75) is 6.54 Å². The summed E-state index contributed by atoms with van der Waals surface area (Å²) < 4.78 is 13.5. The lowest BCUT2D eigenvalue weighted by atomic mass is 10.0. The van der Waals surface area contributed by atoms with E-state index in [9.17, 15) is 14.0 Å². The van der Waals surface area contributed by atoms with Gasteiger partial charge < -0.3 is 5.32 Å². The molecule has 0 aliphatic carbocycles. The van der Waals surface area contributed by atoms with E-state index >= 15 is 0 Å². The van der Waals surface area contributed by atoms with Crippen molar-refractivity contribution in [3.63, 3.8) is 0 Å². The number of rotatable bonds is 5. The van der Waals surface area contributed by atoms with Gasteiger partial charge in [-0.3, -0.25) is 19.5 Å². The number of halogens is 1. The number of hydrogen-bond donors (Lipinski definition) is 1. The molecule has 5 rings (SSSR count). The molecule has 4 aromatic rings. The Bertz CT molecular complexity index is 1360. The van der Waals surface area contributed by atoms with Crippen molar-refractivity contribution in [1.29, 1.82) is 0 Å². The van der Waals surface area contributed by atoms with E-state index < -0.39 is 17.6 Å². The number of amides is 2. The van der Waals surface area contributed by atoms with Crippen molar-refractivity contribution in [3.8, 4) is 0 Å². The molecular weight excluding hydrogens is 405 g/mol. The van der Waals surface area contributed by atoms with Gasteiger partial charge in [0.15, 0.2) is 0 Å².